The summed E-state index contributed by atoms with van der Waals surface area (Å²) in [7, 11) is 1.85. The highest BCUT2D eigenvalue weighted by Gasteiger charge is 2.00. The van der Waals surface area contributed by atoms with Gasteiger partial charge in [-0.3, -0.25) is 4.79 Å². The lowest BCUT2D eigenvalue weighted by atomic mass is 10.2. The van der Waals surface area contributed by atoms with Crippen molar-refractivity contribution in [3.05, 3.63) is 34.2 Å². The molecule has 78 valence electrons. The van der Waals surface area contributed by atoms with Crippen molar-refractivity contribution in [2.45, 2.75) is 32.9 Å². The first-order valence-electron chi connectivity index (χ1n) is 5.12. The molecular formula is C11H18N2O. The zero-order valence-electron chi connectivity index (χ0n) is 8.92. The highest BCUT2D eigenvalue weighted by Crippen LogP contribution is 1.95. The van der Waals surface area contributed by atoms with Crippen molar-refractivity contribution in [1.29, 1.82) is 0 Å². The maximum Gasteiger partial charge on any atom is 0.255 e. The summed E-state index contributed by atoms with van der Waals surface area (Å²) in [5.74, 6) is 0. The summed E-state index contributed by atoms with van der Waals surface area (Å²) in [5, 5.41) is 2.99. The Hall–Kier alpha value is -1.09. The van der Waals surface area contributed by atoms with Gasteiger partial charge in [-0.25, -0.2) is 0 Å². The lowest BCUT2D eigenvalue weighted by molar-refractivity contribution is 0.605. The average Bonchev–Trinajstić information content (AvgIpc) is 2.20. The normalized spacial score (nSPS) is 10.4. The minimum absolute atomic E-state index is 0.135. The van der Waals surface area contributed by atoms with Gasteiger partial charge >= 0.3 is 0 Å². The van der Waals surface area contributed by atoms with Gasteiger partial charge in [-0.05, 0) is 19.5 Å². The molecule has 0 fully saturated rings. The second-order valence-corrected chi connectivity index (χ2v) is 3.42. The van der Waals surface area contributed by atoms with Crippen LogP contribution in [0, 0.1) is 0 Å². The van der Waals surface area contributed by atoms with E-state index in [1.54, 1.807) is 4.57 Å². The van der Waals surface area contributed by atoms with E-state index in [1.165, 1.54) is 0 Å². The molecule has 0 aliphatic heterocycles. The van der Waals surface area contributed by atoms with Crippen molar-refractivity contribution >= 4 is 0 Å². The van der Waals surface area contributed by atoms with E-state index in [-0.39, 0.29) is 5.56 Å². The van der Waals surface area contributed by atoms with Gasteiger partial charge in [-0.15, -0.1) is 0 Å². The van der Waals surface area contributed by atoms with Crippen LogP contribution in [0.5, 0.6) is 0 Å². The maximum atomic E-state index is 11.8. The number of nitrogens with one attached hydrogen (secondary N) is 1. The van der Waals surface area contributed by atoms with Gasteiger partial charge in [-0.1, -0.05) is 19.4 Å². The third-order valence-electron chi connectivity index (χ3n) is 2.22. The van der Waals surface area contributed by atoms with Crippen LogP contribution < -0.4 is 10.9 Å². The molecule has 0 unspecified atom stereocenters. The van der Waals surface area contributed by atoms with Crippen molar-refractivity contribution < 1.29 is 0 Å². The topological polar surface area (TPSA) is 34.0 Å². The number of nitrogens with zero attached hydrogens (tertiary/aromatic N) is 1. The highest BCUT2D eigenvalue weighted by atomic mass is 16.1. The molecule has 0 saturated carbocycles. The minimum Gasteiger partial charge on any atom is -0.315 e. The monoisotopic (exact) mass is 194 g/mol. The van der Waals surface area contributed by atoms with E-state index in [9.17, 15) is 4.79 Å². The molecule has 0 bridgehead atoms. The molecule has 1 rings (SSSR count). The fourth-order valence-electron chi connectivity index (χ4n) is 1.42. The van der Waals surface area contributed by atoms with E-state index in [2.05, 4.69) is 12.2 Å². The highest BCUT2D eigenvalue weighted by molar-refractivity contribution is 5.09. The van der Waals surface area contributed by atoms with Crippen LogP contribution in [0.3, 0.4) is 0 Å². The Balaban J connectivity index is 2.84. The molecule has 14 heavy (non-hydrogen) atoms. The molecule has 0 atom stereocenters. The largest absolute Gasteiger partial charge is 0.315 e. The first kappa shape index (κ1) is 11.0. The Morgan fingerprint density at radius 2 is 2.29 bits per heavy atom. The Bertz CT molecular complexity index is 330. The SMILES string of the molecule is CCCCn1cccc(CNC)c1=O. The van der Waals surface area contributed by atoms with E-state index in [0.29, 0.717) is 6.54 Å². The zero-order chi connectivity index (χ0) is 10.4. The fraction of sp³-hybridized carbons (Fsp3) is 0.545. The molecule has 1 heterocycles. The number of unbranched alkanes of at least 4 members (excludes halogenated alkanes) is 1. The predicted octanol–water partition coefficient (Wildman–Crippen LogP) is 1.37. The zero-order valence-corrected chi connectivity index (χ0v) is 8.92. The van der Waals surface area contributed by atoms with Crippen LogP contribution in [0.2, 0.25) is 0 Å². The summed E-state index contributed by atoms with van der Waals surface area (Å²) in [5.41, 5.74) is 0.974. The number of aryl methyl sites for hydroxylation is 1. The molecule has 0 saturated heterocycles. The third kappa shape index (κ3) is 2.70. The Morgan fingerprint density at radius 1 is 1.50 bits per heavy atom. The molecular weight excluding hydrogens is 176 g/mol. The van der Waals surface area contributed by atoms with Crippen LogP contribution in [0.25, 0.3) is 0 Å². The van der Waals surface area contributed by atoms with Crippen LogP contribution >= 0.6 is 0 Å². The van der Waals surface area contributed by atoms with Crippen LogP contribution in [0.1, 0.15) is 25.3 Å². The van der Waals surface area contributed by atoms with E-state index in [1.807, 2.05) is 25.4 Å². The van der Waals surface area contributed by atoms with E-state index >= 15 is 0 Å². The molecule has 1 aromatic rings. The number of hydrogen-bond donors (Lipinski definition) is 1. The fourth-order valence-corrected chi connectivity index (χ4v) is 1.42. The Kier molecular flexibility index (Phi) is 4.40. The minimum atomic E-state index is 0.135. The summed E-state index contributed by atoms with van der Waals surface area (Å²) in [4.78, 5) is 11.8. The molecule has 0 aliphatic carbocycles. The van der Waals surface area contributed by atoms with Crippen LogP contribution in [0.4, 0.5) is 0 Å². The van der Waals surface area contributed by atoms with Crippen molar-refractivity contribution in [1.82, 2.24) is 9.88 Å². The average molecular weight is 194 g/mol. The van der Waals surface area contributed by atoms with Gasteiger partial charge in [0, 0.05) is 24.8 Å². The summed E-state index contributed by atoms with van der Waals surface area (Å²) < 4.78 is 1.79. The van der Waals surface area contributed by atoms with E-state index in [4.69, 9.17) is 0 Å². The number of aromatic nitrogens is 1. The molecule has 0 amide bonds. The molecule has 0 spiro atoms. The first-order chi connectivity index (χ1) is 6.79. The molecule has 1 aromatic heterocycles. The molecule has 3 heteroatoms. The van der Waals surface area contributed by atoms with Gasteiger partial charge in [0.05, 0.1) is 0 Å². The quantitative estimate of drug-likeness (QED) is 0.768. The summed E-state index contributed by atoms with van der Waals surface area (Å²) >= 11 is 0. The van der Waals surface area contributed by atoms with Crippen LogP contribution in [0.15, 0.2) is 23.1 Å². The summed E-state index contributed by atoms with van der Waals surface area (Å²) in [6.45, 7) is 3.60. The predicted molar refractivity (Wildman–Crippen MR) is 58.4 cm³/mol. The van der Waals surface area contributed by atoms with Crippen molar-refractivity contribution in [2.75, 3.05) is 7.05 Å². The molecule has 0 aromatic carbocycles. The van der Waals surface area contributed by atoms with E-state index < -0.39 is 0 Å². The van der Waals surface area contributed by atoms with E-state index in [0.717, 1.165) is 24.9 Å². The van der Waals surface area contributed by atoms with Crippen molar-refractivity contribution in [3.8, 4) is 0 Å². The molecule has 3 nitrogen and oxygen atoms in total. The Labute approximate surface area is 84.8 Å². The Morgan fingerprint density at radius 3 is 2.93 bits per heavy atom. The van der Waals surface area contributed by atoms with Crippen molar-refractivity contribution in [3.63, 3.8) is 0 Å². The third-order valence-corrected chi connectivity index (χ3v) is 2.22. The van der Waals surface area contributed by atoms with Crippen LogP contribution in [-0.2, 0) is 13.1 Å². The van der Waals surface area contributed by atoms with Gasteiger partial charge in [0.15, 0.2) is 0 Å². The van der Waals surface area contributed by atoms with Gasteiger partial charge in [0.2, 0.25) is 0 Å². The first-order valence-corrected chi connectivity index (χ1v) is 5.12. The molecule has 0 radical (unpaired) electrons. The van der Waals surface area contributed by atoms with Gasteiger partial charge in [0.1, 0.15) is 0 Å². The number of pyridine rings is 1. The van der Waals surface area contributed by atoms with Crippen LogP contribution in [-0.4, -0.2) is 11.6 Å². The van der Waals surface area contributed by atoms with Gasteiger partial charge in [-0.2, -0.15) is 0 Å². The lowest BCUT2D eigenvalue weighted by Crippen LogP contribution is -2.25. The second-order valence-electron chi connectivity index (χ2n) is 3.42. The second kappa shape index (κ2) is 5.60. The summed E-state index contributed by atoms with van der Waals surface area (Å²) in [6, 6.07) is 3.81. The van der Waals surface area contributed by atoms with Gasteiger partial charge in [0.25, 0.3) is 5.56 Å². The maximum absolute atomic E-state index is 11.8. The standard InChI is InChI=1S/C11H18N2O/c1-3-4-7-13-8-5-6-10(9-12-2)11(13)14/h5-6,8,12H,3-4,7,9H2,1-2H3. The van der Waals surface area contributed by atoms with Gasteiger partial charge < -0.3 is 9.88 Å². The summed E-state index contributed by atoms with van der Waals surface area (Å²) in [6.07, 6.45) is 4.03. The number of rotatable bonds is 5. The smallest absolute Gasteiger partial charge is 0.255 e. The van der Waals surface area contributed by atoms with Crippen molar-refractivity contribution in [2.24, 2.45) is 0 Å². The molecule has 1 N–H and O–H groups in total. The molecule has 0 aliphatic rings. The number of hydrogen-bond acceptors (Lipinski definition) is 2. The lowest BCUT2D eigenvalue weighted by Gasteiger charge is -2.06.